The molecule has 1 saturated carbocycles. The molecule has 0 aromatic carbocycles. The number of amides is 1. The SMILES string of the molecule is CC1CCCC1CNC(=O)CNCC(F)(F)F. The maximum Gasteiger partial charge on any atom is 0.401 e. The Morgan fingerprint density at radius 3 is 2.59 bits per heavy atom. The van der Waals surface area contributed by atoms with Crippen molar-refractivity contribution in [2.75, 3.05) is 19.6 Å². The van der Waals surface area contributed by atoms with E-state index >= 15 is 0 Å². The second kappa shape index (κ2) is 6.23. The summed E-state index contributed by atoms with van der Waals surface area (Å²) in [6, 6.07) is 0. The van der Waals surface area contributed by atoms with Crippen LogP contribution in [0.5, 0.6) is 0 Å². The molecule has 0 aromatic heterocycles. The first-order valence-electron chi connectivity index (χ1n) is 5.92. The Labute approximate surface area is 99.1 Å². The van der Waals surface area contributed by atoms with Crippen LogP contribution in [-0.2, 0) is 4.79 Å². The van der Waals surface area contributed by atoms with Crippen molar-refractivity contribution in [2.24, 2.45) is 11.8 Å². The van der Waals surface area contributed by atoms with Crippen molar-refractivity contribution in [3.05, 3.63) is 0 Å². The highest BCUT2D eigenvalue weighted by molar-refractivity contribution is 5.77. The van der Waals surface area contributed by atoms with Gasteiger partial charge in [0, 0.05) is 6.54 Å². The van der Waals surface area contributed by atoms with Crippen LogP contribution in [0.15, 0.2) is 0 Å². The largest absolute Gasteiger partial charge is 0.401 e. The summed E-state index contributed by atoms with van der Waals surface area (Å²) in [4.78, 5) is 11.3. The van der Waals surface area contributed by atoms with Gasteiger partial charge in [-0.15, -0.1) is 0 Å². The van der Waals surface area contributed by atoms with Gasteiger partial charge in [0.1, 0.15) is 0 Å². The minimum atomic E-state index is -4.26. The van der Waals surface area contributed by atoms with Crippen molar-refractivity contribution in [1.29, 1.82) is 0 Å². The molecule has 0 saturated heterocycles. The predicted octanol–water partition coefficient (Wildman–Crippen LogP) is 1.69. The molecule has 3 nitrogen and oxygen atoms in total. The van der Waals surface area contributed by atoms with Crippen LogP contribution in [0.4, 0.5) is 13.2 Å². The van der Waals surface area contributed by atoms with Gasteiger partial charge in [-0.1, -0.05) is 19.8 Å². The maximum absolute atomic E-state index is 11.8. The molecule has 1 fully saturated rings. The zero-order valence-electron chi connectivity index (χ0n) is 9.94. The number of nitrogens with one attached hydrogen (secondary N) is 2. The molecule has 17 heavy (non-hydrogen) atoms. The third-order valence-electron chi connectivity index (χ3n) is 3.21. The van der Waals surface area contributed by atoms with Crippen molar-refractivity contribution in [3.63, 3.8) is 0 Å². The first kappa shape index (κ1) is 14.3. The minimum absolute atomic E-state index is 0.277. The van der Waals surface area contributed by atoms with E-state index in [1.807, 2.05) is 0 Å². The number of halogens is 3. The molecule has 2 unspecified atom stereocenters. The first-order valence-corrected chi connectivity index (χ1v) is 5.92. The molecule has 0 spiro atoms. The summed E-state index contributed by atoms with van der Waals surface area (Å²) in [5, 5.41) is 4.75. The van der Waals surface area contributed by atoms with Gasteiger partial charge in [-0.25, -0.2) is 0 Å². The quantitative estimate of drug-likeness (QED) is 0.781. The Morgan fingerprint density at radius 1 is 1.35 bits per heavy atom. The number of carbonyl (C=O) groups excluding carboxylic acids is 1. The van der Waals surface area contributed by atoms with E-state index in [4.69, 9.17) is 0 Å². The third-order valence-corrected chi connectivity index (χ3v) is 3.21. The van der Waals surface area contributed by atoms with Gasteiger partial charge in [0.05, 0.1) is 13.1 Å². The van der Waals surface area contributed by atoms with Gasteiger partial charge in [-0.3, -0.25) is 4.79 Å². The topological polar surface area (TPSA) is 41.1 Å². The molecule has 0 aliphatic heterocycles. The van der Waals surface area contributed by atoms with Gasteiger partial charge < -0.3 is 10.6 Å². The van der Waals surface area contributed by atoms with Crippen LogP contribution in [0.2, 0.25) is 0 Å². The smallest absolute Gasteiger partial charge is 0.355 e. The molecule has 1 amide bonds. The molecule has 0 radical (unpaired) electrons. The van der Waals surface area contributed by atoms with E-state index in [2.05, 4.69) is 17.6 Å². The number of rotatable bonds is 5. The van der Waals surface area contributed by atoms with Gasteiger partial charge >= 0.3 is 6.18 Å². The lowest BCUT2D eigenvalue weighted by molar-refractivity contribution is -0.128. The fourth-order valence-electron chi connectivity index (χ4n) is 2.15. The van der Waals surface area contributed by atoms with Gasteiger partial charge in [0.2, 0.25) is 5.91 Å². The minimum Gasteiger partial charge on any atom is -0.355 e. The number of hydrogen-bond acceptors (Lipinski definition) is 2. The van der Waals surface area contributed by atoms with E-state index in [-0.39, 0.29) is 12.5 Å². The Kier molecular flexibility index (Phi) is 5.24. The van der Waals surface area contributed by atoms with Gasteiger partial charge in [0.15, 0.2) is 0 Å². The number of alkyl halides is 3. The highest BCUT2D eigenvalue weighted by atomic mass is 19.4. The third kappa shape index (κ3) is 5.91. The first-order chi connectivity index (χ1) is 7.88. The van der Waals surface area contributed by atoms with E-state index in [9.17, 15) is 18.0 Å². The maximum atomic E-state index is 11.8. The molecule has 1 aliphatic rings. The van der Waals surface area contributed by atoms with E-state index in [1.54, 1.807) is 0 Å². The molecule has 2 atom stereocenters. The summed E-state index contributed by atoms with van der Waals surface area (Å²) in [5.41, 5.74) is 0. The lowest BCUT2D eigenvalue weighted by Gasteiger charge is -2.16. The molecule has 1 aliphatic carbocycles. The Hall–Kier alpha value is -0.780. The Bertz CT molecular complexity index is 256. The van der Waals surface area contributed by atoms with Crippen LogP contribution in [0.1, 0.15) is 26.2 Å². The average molecular weight is 252 g/mol. The normalized spacial score (nSPS) is 24.9. The van der Waals surface area contributed by atoms with E-state index < -0.39 is 12.7 Å². The molecular formula is C11H19F3N2O. The van der Waals surface area contributed by atoms with Crippen molar-refractivity contribution in [2.45, 2.75) is 32.4 Å². The Balaban J connectivity index is 2.09. The summed E-state index contributed by atoms with van der Waals surface area (Å²) < 4.78 is 35.4. The van der Waals surface area contributed by atoms with Crippen LogP contribution >= 0.6 is 0 Å². The van der Waals surface area contributed by atoms with Gasteiger partial charge in [-0.2, -0.15) is 13.2 Å². The summed E-state index contributed by atoms with van der Waals surface area (Å²) in [5.74, 6) is 0.702. The summed E-state index contributed by atoms with van der Waals surface area (Å²) in [6.07, 6.45) is -0.821. The lowest BCUT2D eigenvalue weighted by Crippen LogP contribution is -2.40. The molecule has 1 rings (SSSR count). The lowest BCUT2D eigenvalue weighted by atomic mass is 9.98. The summed E-state index contributed by atoms with van der Waals surface area (Å²) in [7, 11) is 0. The van der Waals surface area contributed by atoms with Crippen molar-refractivity contribution in [3.8, 4) is 0 Å². The van der Waals surface area contributed by atoms with Crippen molar-refractivity contribution in [1.82, 2.24) is 10.6 Å². The number of carbonyl (C=O) groups is 1. The van der Waals surface area contributed by atoms with Crippen LogP contribution in [0.25, 0.3) is 0 Å². The van der Waals surface area contributed by atoms with Crippen LogP contribution < -0.4 is 10.6 Å². The van der Waals surface area contributed by atoms with Crippen LogP contribution in [0, 0.1) is 11.8 Å². The average Bonchev–Trinajstić information content (AvgIpc) is 2.59. The highest BCUT2D eigenvalue weighted by Gasteiger charge is 2.27. The van der Waals surface area contributed by atoms with Gasteiger partial charge in [-0.05, 0) is 18.3 Å². The zero-order chi connectivity index (χ0) is 12.9. The van der Waals surface area contributed by atoms with E-state index in [0.29, 0.717) is 18.4 Å². The molecule has 6 heteroatoms. The molecule has 100 valence electrons. The highest BCUT2D eigenvalue weighted by Crippen LogP contribution is 2.30. The van der Waals surface area contributed by atoms with Crippen LogP contribution in [-0.4, -0.2) is 31.7 Å². The fraction of sp³-hybridized carbons (Fsp3) is 0.909. The van der Waals surface area contributed by atoms with E-state index in [0.717, 1.165) is 6.42 Å². The molecule has 2 N–H and O–H groups in total. The molecule has 0 bridgehead atoms. The molecule has 0 heterocycles. The molecule has 0 aromatic rings. The monoisotopic (exact) mass is 252 g/mol. The van der Waals surface area contributed by atoms with Crippen molar-refractivity contribution >= 4 is 5.91 Å². The molecular weight excluding hydrogens is 233 g/mol. The fourth-order valence-corrected chi connectivity index (χ4v) is 2.15. The second-order valence-corrected chi connectivity index (χ2v) is 4.69. The van der Waals surface area contributed by atoms with Crippen molar-refractivity contribution < 1.29 is 18.0 Å². The summed E-state index contributed by atoms with van der Waals surface area (Å²) in [6.45, 7) is 1.32. The summed E-state index contributed by atoms with van der Waals surface area (Å²) >= 11 is 0. The second-order valence-electron chi connectivity index (χ2n) is 4.69. The van der Waals surface area contributed by atoms with Gasteiger partial charge in [0.25, 0.3) is 0 Å². The standard InChI is InChI=1S/C11H19F3N2O/c1-8-3-2-4-9(8)5-16-10(17)6-15-7-11(12,13)14/h8-9,15H,2-7H2,1H3,(H,16,17). The number of hydrogen-bond donors (Lipinski definition) is 2. The Morgan fingerprint density at radius 2 is 2.06 bits per heavy atom. The van der Waals surface area contributed by atoms with Crippen LogP contribution in [0.3, 0.4) is 0 Å². The predicted molar refractivity (Wildman–Crippen MR) is 58.4 cm³/mol. The van der Waals surface area contributed by atoms with E-state index in [1.165, 1.54) is 12.8 Å². The zero-order valence-corrected chi connectivity index (χ0v) is 9.94.